The molecule has 150 valence electrons. The summed E-state index contributed by atoms with van der Waals surface area (Å²) in [5.74, 6) is 2.61. The number of methoxy groups -OCH3 is 2. The fourth-order valence-corrected chi connectivity index (χ4v) is 4.00. The monoisotopic (exact) mass is 400 g/mol. The Morgan fingerprint density at radius 3 is 2.46 bits per heavy atom. The Bertz CT molecular complexity index is 936. The van der Waals surface area contributed by atoms with Crippen LogP contribution in [0.2, 0.25) is 0 Å². The van der Waals surface area contributed by atoms with Gasteiger partial charge in [0.2, 0.25) is 0 Å². The highest BCUT2D eigenvalue weighted by Gasteiger charge is 2.21. The summed E-state index contributed by atoms with van der Waals surface area (Å²) >= 11 is 1.67. The predicted octanol–water partition coefficient (Wildman–Crippen LogP) is 4.76. The van der Waals surface area contributed by atoms with Crippen molar-refractivity contribution in [3.05, 3.63) is 30.6 Å². The van der Waals surface area contributed by atoms with E-state index in [1.807, 2.05) is 30.6 Å². The summed E-state index contributed by atoms with van der Waals surface area (Å²) in [6, 6.07) is 5.77. The molecule has 0 aliphatic rings. The Balaban J connectivity index is 2.22. The van der Waals surface area contributed by atoms with Crippen LogP contribution in [0, 0.1) is 0 Å². The van der Waals surface area contributed by atoms with Crippen LogP contribution >= 0.6 is 11.8 Å². The summed E-state index contributed by atoms with van der Waals surface area (Å²) in [4.78, 5) is 12.0. The third kappa shape index (κ3) is 3.76. The van der Waals surface area contributed by atoms with E-state index in [0.717, 1.165) is 59.4 Å². The molecule has 0 aliphatic heterocycles. The molecule has 3 aromatic rings. The SMILES string of the molecule is CCCN(CCC)c1c(SC)nc2c(-c3ccc(OC)cc3OC)nccn12. The number of hydrogen-bond acceptors (Lipinski definition) is 6. The molecule has 0 atom stereocenters. The third-order valence-corrected chi connectivity index (χ3v) is 5.29. The number of thioether (sulfide) groups is 1. The summed E-state index contributed by atoms with van der Waals surface area (Å²) in [5.41, 5.74) is 2.54. The average molecular weight is 401 g/mol. The standard InChI is InChI=1S/C21H28N4O2S/c1-6-11-24(12-7-2)21-20(28-5)23-19-18(22-10-13-25(19)21)16-9-8-15(26-3)14-17(16)27-4/h8-10,13-14H,6-7,11-12H2,1-5H3. The van der Waals surface area contributed by atoms with Gasteiger partial charge >= 0.3 is 0 Å². The smallest absolute Gasteiger partial charge is 0.166 e. The number of fused-ring (bicyclic) bond motifs is 1. The number of ether oxygens (including phenoxy) is 2. The molecule has 0 spiro atoms. The van der Waals surface area contributed by atoms with E-state index < -0.39 is 0 Å². The van der Waals surface area contributed by atoms with Gasteiger partial charge in [0, 0.05) is 37.1 Å². The van der Waals surface area contributed by atoms with Crippen LogP contribution in [0.4, 0.5) is 5.82 Å². The maximum absolute atomic E-state index is 5.61. The minimum absolute atomic E-state index is 0.717. The van der Waals surface area contributed by atoms with Gasteiger partial charge in [-0.15, -0.1) is 11.8 Å². The van der Waals surface area contributed by atoms with Crippen molar-refractivity contribution in [1.29, 1.82) is 0 Å². The van der Waals surface area contributed by atoms with Crippen molar-refractivity contribution in [2.24, 2.45) is 0 Å². The van der Waals surface area contributed by atoms with E-state index in [9.17, 15) is 0 Å². The highest BCUT2D eigenvalue weighted by Crippen LogP contribution is 2.37. The van der Waals surface area contributed by atoms with Crippen molar-refractivity contribution in [1.82, 2.24) is 14.4 Å². The molecule has 0 N–H and O–H groups in total. The molecule has 0 saturated carbocycles. The van der Waals surface area contributed by atoms with Gasteiger partial charge in [0.05, 0.1) is 14.2 Å². The summed E-state index contributed by atoms with van der Waals surface area (Å²) in [7, 11) is 3.31. The first-order valence-corrected chi connectivity index (χ1v) is 10.8. The molecular formula is C21H28N4O2S. The van der Waals surface area contributed by atoms with Crippen molar-refractivity contribution in [3.63, 3.8) is 0 Å². The van der Waals surface area contributed by atoms with Gasteiger partial charge < -0.3 is 14.4 Å². The van der Waals surface area contributed by atoms with E-state index in [2.05, 4.69) is 34.4 Å². The third-order valence-electron chi connectivity index (χ3n) is 4.63. The lowest BCUT2D eigenvalue weighted by atomic mass is 10.1. The molecule has 7 heteroatoms. The fraction of sp³-hybridized carbons (Fsp3) is 0.429. The van der Waals surface area contributed by atoms with Gasteiger partial charge in [0.25, 0.3) is 0 Å². The fourth-order valence-electron chi connectivity index (χ4n) is 3.42. The predicted molar refractivity (Wildman–Crippen MR) is 116 cm³/mol. The van der Waals surface area contributed by atoms with Crippen molar-refractivity contribution < 1.29 is 9.47 Å². The molecule has 0 radical (unpaired) electrons. The van der Waals surface area contributed by atoms with E-state index in [1.165, 1.54) is 0 Å². The first-order valence-electron chi connectivity index (χ1n) is 9.56. The van der Waals surface area contributed by atoms with E-state index in [-0.39, 0.29) is 0 Å². The second-order valence-electron chi connectivity index (χ2n) is 6.47. The lowest BCUT2D eigenvalue weighted by Crippen LogP contribution is -2.26. The summed E-state index contributed by atoms with van der Waals surface area (Å²) < 4.78 is 13.1. The van der Waals surface area contributed by atoms with Crippen molar-refractivity contribution in [2.45, 2.75) is 31.7 Å². The van der Waals surface area contributed by atoms with Crippen LogP contribution in [0.5, 0.6) is 11.5 Å². The quantitative estimate of drug-likeness (QED) is 0.483. The first kappa shape index (κ1) is 20.3. The summed E-state index contributed by atoms with van der Waals surface area (Å²) in [5, 5.41) is 1.02. The Hall–Kier alpha value is -2.41. The Labute approximate surface area is 170 Å². The molecule has 0 bridgehead atoms. The number of nitrogens with zero attached hydrogens (tertiary/aromatic N) is 4. The molecule has 0 fully saturated rings. The van der Waals surface area contributed by atoms with Gasteiger partial charge in [-0.05, 0) is 31.2 Å². The number of hydrogen-bond donors (Lipinski definition) is 0. The van der Waals surface area contributed by atoms with Crippen LogP contribution in [0.25, 0.3) is 16.9 Å². The van der Waals surface area contributed by atoms with Crippen molar-refractivity contribution in [2.75, 3.05) is 38.5 Å². The van der Waals surface area contributed by atoms with Gasteiger partial charge in [-0.25, -0.2) is 4.98 Å². The van der Waals surface area contributed by atoms with E-state index in [4.69, 9.17) is 14.5 Å². The Kier molecular flexibility index (Phi) is 6.67. The minimum atomic E-state index is 0.717. The highest BCUT2D eigenvalue weighted by atomic mass is 32.2. The number of aromatic nitrogens is 3. The normalized spacial score (nSPS) is 11.0. The van der Waals surface area contributed by atoms with E-state index >= 15 is 0 Å². The van der Waals surface area contributed by atoms with Crippen LogP contribution in [-0.2, 0) is 0 Å². The van der Waals surface area contributed by atoms with Crippen LogP contribution in [0.15, 0.2) is 35.6 Å². The molecule has 0 amide bonds. The van der Waals surface area contributed by atoms with Gasteiger partial charge in [0.15, 0.2) is 5.65 Å². The van der Waals surface area contributed by atoms with E-state index in [1.54, 1.807) is 26.0 Å². The average Bonchev–Trinajstić information content (AvgIpc) is 3.11. The molecule has 0 unspecified atom stereocenters. The zero-order valence-electron chi connectivity index (χ0n) is 17.2. The van der Waals surface area contributed by atoms with Crippen molar-refractivity contribution >= 4 is 23.2 Å². The molecule has 6 nitrogen and oxygen atoms in total. The van der Waals surface area contributed by atoms with Crippen molar-refractivity contribution in [3.8, 4) is 22.8 Å². The van der Waals surface area contributed by atoms with E-state index in [0.29, 0.717) is 5.75 Å². The number of imidazole rings is 1. The summed E-state index contributed by atoms with van der Waals surface area (Å²) in [6.07, 6.45) is 8.07. The van der Waals surface area contributed by atoms with Gasteiger partial charge in [-0.1, -0.05) is 13.8 Å². The minimum Gasteiger partial charge on any atom is -0.497 e. The molecule has 2 heterocycles. The van der Waals surface area contributed by atoms with Crippen LogP contribution < -0.4 is 14.4 Å². The largest absolute Gasteiger partial charge is 0.497 e. The Morgan fingerprint density at radius 1 is 1.11 bits per heavy atom. The maximum atomic E-state index is 5.61. The topological polar surface area (TPSA) is 51.9 Å². The molecule has 3 rings (SSSR count). The zero-order valence-corrected chi connectivity index (χ0v) is 18.0. The van der Waals surface area contributed by atoms with Gasteiger partial charge in [0.1, 0.15) is 28.0 Å². The number of rotatable bonds is 9. The first-order chi connectivity index (χ1) is 13.7. The second kappa shape index (κ2) is 9.19. The molecule has 1 aromatic carbocycles. The molecular weight excluding hydrogens is 372 g/mol. The van der Waals surface area contributed by atoms with Gasteiger partial charge in [-0.2, -0.15) is 0 Å². The zero-order chi connectivity index (χ0) is 20.1. The Morgan fingerprint density at radius 2 is 1.86 bits per heavy atom. The van der Waals surface area contributed by atoms with Gasteiger partial charge in [-0.3, -0.25) is 9.38 Å². The number of benzene rings is 1. The maximum Gasteiger partial charge on any atom is 0.166 e. The number of anilines is 1. The van der Waals surface area contributed by atoms with Crippen LogP contribution in [0.1, 0.15) is 26.7 Å². The molecule has 0 saturated heterocycles. The van der Waals surface area contributed by atoms with Crippen LogP contribution in [0.3, 0.4) is 0 Å². The summed E-state index contributed by atoms with van der Waals surface area (Å²) in [6.45, 7) is 6.41. The second-order valence-corrected chi connectivity index (χ2v) is 7.26. The highest BCUT2D eigenvalue weighted by molar-refractivity contribution is 7.98. The lowest BCUT2D eigenvalue weighted by Gasteiger charge is -2.24. The molecule has 0 aliphatic carbocycles. The molecule has 28 heavy (non-hydrogen) atoms. The molecule has 2 aromatic heterocycles. The lowest BCUT2D eigenvalue weighted by molar-refractivity contribution is 0.395. The van der Waals surface area contributed by atoms with Crippen LogP contribution in [-0.4, -0.2) is 47.9 Å².